The summed E-state index contributed by atoms with van der Waals surface area (Å²) in [6.45, 7) is 1.95. The smallest absolute Gasteiger partial charge is 0.272 e. The van der Waals surface area contributed by atoms with Gasteiger partial charge in [-0.15, -0.1) is 0 Å². The van der Waals surface area contributed by atoms with E-state index >= 15 is 0 Å². The summed E-state index contributed by atoms with van der Waals surface area (Å²) in [6, 6.07) is 13.7. The molecule has 0 aliphatic carbocycles. The Morgan fingerprint density at radius 3 is 2.74 bits per heavy atom. The number of aromatic nitrogens is 1. The third kappa shape index (κ3) is 4.09. The van der Waals surface area contributed by atoms with Crippen LogP contribution in [0.25, 0.3) is 0 Å². The van der Waals surface area contributed by atoms with Crippen molar-refractivity contribution in [1.29, 1.82) is 0 Å². The van der Waals surface area contributed by atoms with Crippen LogP contribution in [0.1, 0.15) is 22.5 Å². The Balaban J connectivity index is 1.74. The molecule has 4 nitrogen and oxygen atoms in total. The van der Waals surface area contributed by atoms with Crippen molar-refractivity contribution >= 4 is 17.5 Å². The highest BCUT2D eigenvalue weighted by Gasteiger charge is 2.28. The fraction of sp³-hybridized carbons (Fsp3) is 0.333. The van der Waals surface area contributed by atoms with Gasteiger partial charge in [0.15, 0.2) is 0 Å². The first-order valence-electron chi connectivity index (χ1n) is 7.78. The SMILES string of the molecule is O=C(c1ccc(Cl)cn1)N(CCc1ccccc1)[C@@H]1CCOC1. The third-order valence-corrected chi connectivity index (χ3v) is 4.26. The lowest BCUT2D eigenvalue weighted by atomic mass is 10.1. The van der Waals surface area contributed by atoms with Crippen LogP contribution < -0.4 is 0 Å². The largest absolute Gasteiger partial charge is 0.379 e. The van der Waals surface area contributed by atoms with Crippen LogP contribution in [0.5, 0.6) is 0 Å². The van der Waals surface area contributed by atoms with E-state index in [1.807, 2.05) is 23.1 Å². The van der Waals surface area contributed by atoms with Crippen LogP contribution in [0.15, 0.2) is 48.7 Å². The molecule has 1 aromatic carbocycles. The predicted molar refractivity (Wildman–Crippen MR) is 89.7 cm³/mol. The van der Waals surface area contributed by atoms with Gasteiger partial charge in [-0.05, 0) is 30.5 Å². The normalized spacial score (nSPS) is 17.2. The van der Waals surface area contributed by atoms with Crippen LogP contribution in [-0.4, -0.2) is 41.6 Å². The van der Waals surface area contributed by atoms with E-state index in [4.69, 9.17) is 16.3 Å². The van der Waals surface area contributed by atoms with Gasteiger partial charge in [0.25, 0.3) is 5.91 Å². The minimum Gasteiger partial charge on any atom is -0.379 e. The molecule has 1 amide bonds. The van der Waals surface area contributed by atoms with Crippen LogP contribution in [-0.2, 0) is 11.2 Å². The highest BCUT2D eigenvalue weighted by atomic mass is 35.5. The molecule has 1 aliphatic heterocycles. The van der Waals surface area contributed by atoms with Gasteiger partial charge >= 0.3 is 0 Å². The molecule has 2 aromatic rings. The van der Waals surface area contributed by atoms with Gasteiger partial charge in [0.05, 0.1) is 17.7 Å². The fourth-order valence-corrected chi connectivity index (χ4v) is 2.87. The van der Waals surface area contributed by atoms with E-state index in [1.165, 1.54) is 11.8 Å². The van der Waals surface area contributed by atoms with Crippen molar-refractivity contribution in [2.75, 3.05) is 19.8 Å². The first-order chi connectivity index (χ1) is 11.2. The Bertz CT molecular complexity index is 640. The lowest BCUT2D eigenvalue weighted by molar-refractivity contribution is 0.0650. The molecule has 5 heteroatoms. The van der Waals surface area contributed by atoms with E-state index in [9.17, 15) is 4.79 Å². The summed E-state index contributed by atoms with van der Waals surface area (Å²) in [5, 5.41) is 0.529. The van der Waals surface area contributed by atoms with Crippen molar-refractivity contribution in [1.82, 2.24) is 9.88 Å². The monoisotopic (exact) mass is 330 g/mol. The summed E-state index contributed by atoms with van der Waals surface area (Å²) in [7, 11) is 0. The van der Waals surface area contributed by atoms with Gasteiger partial charge in [-0.3, -0.25) is 4.79 Å². The Morgan fingerprint density at radius 2 is 2.09 bits per heavy atom. The quantitative estimate of drug-likeness (QED) is 0.845. The van der Waals surface area contributed by atoms with Gasteiger partial charge in [-0.25, -0.2) is 4.98 Å². The number of benzene rings is 1. The first-order valence-corrected chi connectivity index (χ1v) is 8.16. The zero-order chi connectivity index (χ0) is 16.1. The van der Waals surface area contributed by atoms with E-state index < -0.39 is 0 Å². The molecule has 3 rings (SSSR count). The molecule has 0 saturated carbocycles. The molecule has 0 radical (unpaired) electrons. The standard InChI is InChI=1S/C18H19ClN2O2/c19-15-6-7-17(20-12-15)18(22)21(16-9-11-23-13-16)10-8-14-4-2-1-3-5-14/h1-7,12,16H,8-11,13H2/t16-/m1/s1. The van der Waals surface area contributed by atoms with Gasteiger partial charge < -0.3 is 9.64 Å². The number of hydrogen-bond donors (Lipinski definition) is 0. The summed E-state index contributed by atoms with van der Waals surface area (Å²) in [5.41, 5.74) is 1.64. The second-order valence-electron chi connectivity index (χ2n) is 5.61. The number of halogens is 1. The van der Waals surface area contributed by atoms with E-state index in [0.717, 1.165) is 12.8 Å². The number of pyridine rings is 1. The van der Waals surface area contributed by atoms with E-state index in [-0.39, 0.29) is 11.9 Å². The zero-order valence-corrected chi connectivity index (χ0v) is 13.6. The van der Waals surface area contributed by atoms with Crippen LogP contribution >= 0.6 is 11.6 Å². The van der Waals surface area contributed by atoms with Crippen LogP contribution in [0.4, 0.5) is 0 Å². The second kappa shape index (κ2) is 7.57. The Kier molecular flexibility index (Phi) is 5.26. The molecule has 1 fully saturated rings. The molecule has 1 atom stereocenters. The second-order valence-corrected chi connectivity index (χ2v) is 6.05. The number of carbonyl (C=O) groups is 1. The number of ether oxygens (including phenoxy) is 1. The molecular weight excluding hydrogens is 312 g/mol. The molecule has 2 heterocycles. The topological polar surface area (TPSA) is 42.4 Å². The summed E-state index contributed by atoms with van der Waals surface area (Å²) < 4.78 is 5.46. The molecule has 0 spiro atoms. The minimum absolute atomic E-state index is 0.0619. The van der Waals surface area contributed by atoms with E-state index in [0.29, 0.717) is 30.5 Å². The molecule has 1 aromatic heterocycles. The van der Waals surface area contributed by atoms with Crippen molar-refractivity contribution in [2.24, 2.45) is 0 Å². The number of hydrogen-bond acceptors (Lipinski definition) is 3. The van der Waals surface area contributed by atoms with Crippen molar-refractivity contribution in [3.63, 3.8) is 0 Å². The van der Waals surface area contributed by atoms with Gasteiger partial charge in [0, 0.05) is 19.3 Å². The molecule has 1 saturated heterocycles. The Labute approximate surface area is 141 Å². The predicted octanol–water partition coefficient (Wildman–Crippen LogP) is 3.21. The molecule has 23 heavy (non-hydrogen) atoms. The van der Waals surface area contributed by atoms with Crippen molar-refractivity contribution < 1.29 is 9.53 Å². The van der Waals surface area contributed by atoms with Crippen molar-refractivity contribution in [2.45, 2.75) is 18.9 Å². The highest BCUT2D eigenvalue weighted by molar-refractivity contribution is 6.30. The molecule has 1 aliphatic rings. The number of rotatable bonds is 5. The van der Waals surface area contributed by atoms with Crippen LogP contribution in [0.2, 0.25) is 5.02 Å². The lowest BCUT2D eigenvalue weighted by Crippen LogP contribution is -2.42. The maximum Gasteiger partial charge on any atom is 0.272 e. The molecule has 120 valence electrons. The molecule has 0 unspecified atom stereocenters. The highest BCUT2D eigenvalue weighted by Crippen LogP contribution is 2.17. The molecule has 0 N–H and O–H groups in total. The van der Waals surface area contributed by atoms with Gasteiger partial charge in [0.1, 0.15) is 5.69 Å². The maximum absolute atomic E-state index is 12.8. The van der Waals surface area contributed by atoms with E-state index in [1.54, 1.807) is 12.1 Å². The van der Waals surface area contributed by atoms with Gasteiger partial charge in [-0.2, -0.15) is 0 Å². The number of nitrogens with zero attached hydrogens (tertiary/aromatic N) is 2. The average Bonchev–Trinajstić information content (AvgIpc) is 3.11. The van der Waals surface area contributed by atoms with Crippen LogP contribution in [0.3, 0.4) is 0 Å². The third-order valence-electron chi connectivity index (χ3n) is 4.04. The minimum atomic E-state index is -0.0619. The fourth-order valence-electron chi connectivity index (χ4n) is 2.76. The number of carbonyl (C=O) groups excluding carboxylic acids is 1. The summed E-state index contributed by atoms with van der Waals surface area (Å²) in [6.07, 6.45) is 3.19. The first kappa shape index (κ1) is 16.0. The van der Waals surface area contributed by atoms with Crippen molar-refractivity contribution in [3.05, 3.63) is 64.9 Å². The Hall–Kier alpha value is -1.91. The van der Waals surface area contributed by atoms with Gasteiger partial charge in [-0.1, -0.05) is 41.9 Å². The zero-order valence-electron chi connectivity index (χ0n) is 12.8. The lowest BCUT2D eigenvalue weighted by Gasteiger charge is -2.28. The Morgan fingerprint density at radius 1 is 1.26 bits per heavy atom. The van der Waals surface area contributed by atoms with Gasteiger partial charge in [0.2, 0.25) is 0 Å². The van der Waals surface area contributed by atoms with Crippen molar-refractivity contribution in [3.8, 4) is 0 Å². The van der Waals surface area contributed by atoms with Crippen LogP contribution in [0, 0.1) is 0 Å². The average molecular weight is 331 g/mol. The molecule has 0 bridgehead atoms. The molecular formula is C18H19ClN2O2. The summed E-state index contributed by atoms with van der Waals surface area (Å²) in [4.78, 5) is 18.9. The summed E-state index contributed by atoms with van der Waals surface area (Å²) in [5.74, 6) is -0.0619. The number of amides is 1. The summed E-state index contributed by atoms with van der Waals surface area (Å²) >= 11 is 5.86. The maximum atomic E-state index is 12.8. The van der Waals surface area contributed by atoms with E-state index in [2.05, 4.69) is 17.1 Å².